The van der Waals surface area contributed by atoms with E-state index in [0.29, 0.717) is 21.8 Å². The van der Waals surface area contributed by atoms with E-state index in [0.717, 1.165) is 18.7 Å². The van der Waals surface area contributed by atoms with E-state index in [4.69, 9.17) is 28.9 Å². The first kappa shape index (κ1) is 16.6. The van der Waals surface area contributed by atoms with E-state index in [1.807, 2.05) is 12.1 Å². The predicted octanol–water partition coefficient (Wildman–Crippen LogP) is 4.98. The molecule has 0 saturated carbocycles. The van der Waals surface area contributed by atoms with Crippen LogP contribution in [0.4, 0.5) is 5.69 Å². The van der Waals surface area contributed by atoms with Crippen LogP contribution >= 0.6 is 23.2 Å². The Labute approximate surface area is 126 Å². The van der Waals surface area contributed by atoms with E-state index >= 15 is 0 Å². The third-order valence-electron chi connectivity index (χ3n) is 3.30. The Balaban J connectivity index is 2.73. The van der Waals surface area contributed by atoms with Crippen molar-refractivity contribution in [3.8, 4) is 0 Å². The minimum atomic E-state index is 0.467. The Morgan fingerprint density at radius 2 is 1.74 bits per heavy atom. The quantitative estimate of drug-likeness (QED) is 0.569. The minimum absolute atomic E-state index is 0.467. The molecule has 0 amide bonds. The first-order valence-electron chi connectivity index (χ1n) is 6.93. The maximum Gasteiger partial charge on any atom is 0.0693 e. The second-order valence-corrected chi connectivity index (χ2v) is 6.06. The van der Waals surface area contributed by atoms with E-state index in [9.17, 15) is 0 Å². The number of anilines is 1. The van der Waals surface area contributed by atoms with Crippen molar-refractivity contribution in [1.29, 1.82) is 0 Å². The van der Waals surface area contributed by atoms with Gasteiger partial charge >= 0.3 is 0 Å². The number of nitrogens with two attached hydrogens (primary N) is 1. The summed E-state index contributed by atoms with van der Waals surface area (Å²) in [7, 11) is 0. The Bertz CT molecular complexity index is 382. The molecular weight excluding hydrogens is 279 g/mol. The van der Waals surface area contributed by atoms with Gasteiger partial charge in [0, 0.05) is 12.6 Å². The van der Waals surface area contributed by atoms with Crippen molar-refractivity contribution in [1.82, 2.24) is 4.90 Å². The van der Waals surface area contributed by atoms with Crippen LogP contribution in [0.3, 0.4) is 0 Å². The smallest absolute Gasteiger partial charge is 0.0693 e. The van der Waals surface area contributed by atoms with Crippen molar-refractivity contribution < 1.29 is 0 Å². The maximum atomic E-state index is 6.08. The van der Waals surface area contributed by atoms with Gasteiger partial charge in [0.2, 0.25) is 0 Å². The topological polar surface area (TPSA) is 29.3 Å². The fourth-order valence-electron chi connectivity index (χ4n) is 2.05. The van der Waals surface area contributed by atoms with Gasteiger partial charge in [0.25, 0.3) is 0 Å². The third kappa shape index (κ3) is 5.21. The SMILES string of the molecule is CCCCCN(Cc1cc(Cl)c(N)c(Cl)c1)C(C)C. The highest BCUT2D eigenvalue weighted by Crippen LogP contribution is 2.29. The van der Waals surface area contributed by atoms with Gasteiger partial charge in [-0.2, -0.15) is 0 Å². The average molecular weight is 303 g/mol. The molecule has 2 nitrogen and oxygen atoms in total. The van der Waals surface area contributed by atoms with Crippen molar-refractivity contribution >= 4 is 28.9 Å². The lowest BCUT2D eigenvalue weighted by Crippen LogP contribution is -2.31. The summed E-state index contributed by atoms with van der Waals surface area (Å²) in [4.78, 5) is 2.44. The zero-order valence-electron chi connectivity index (χ0n) is 12.0. The molecule has 0 spiro atoms. The van der Waals surface area contributed by atoms with Gasteiger partial charge in [-0.25, -0.2) is 0 Å². The van der Waals surface area contributed by atoms with Gasteiger partial charge in [0.1, 0.15) is 0 Å². The van der Waals surface area contributed by atoms with E-state index in [1.54, 1.807) is 0 Å². The van der Waals surface area contributed by atoms with Gasteiger partial charge in [-0.3, -0.25) is 4.90 Å². The van der Waals surface area contributed by atoms with E-state index < -0.39 is 0 Å². The monoisotopic (exact) mass is 302 g/mol. The number of benzene rings is 1. The summed E-state index contributed by atoms with van der Waals surface area (Å²) in [5, 5.41) is 1.08. The molecule has 0 fully saturated rings. The summed E-state index contributed by atoms with van der Waals surface area (Å²) in [6, 6.07) is 4.34. The molecule has 0 aliphatic heterocycles. The molecule has 0 aromatic heterocycles. The number of rotatable bonds is 7. The second kappa shape index (κ2) is 7.98. The molecule has 0 aliphatic rings. The second-order valence-electron chi connectivity index (χ2n) is 5.24. The molecule has 4 heteroatoms. The van der Waals surface area contributed by atoms with Crippen molar-refractivity contribution in [2.45, 2.75) is 52.6 Å². The van der Waals surface area contributed by atoms with Crippen LogP contribution in [-0.2, 0) is 6.54 Å². The maximum absolute atomic E-state index is 6.08. The zero-order valence-corrected chi connectivity index (χ0v) is 13.6. The van der Waals surface area contributed by atoms with Crippen LogP contribution in [0, 0.1) is 0 Å². The summed E-state index contributed by atoms with van der Waals surface area (Å²) < 4.78 is 0. The van der Waals surface area contributed by atoms with Gasteiger partial charge in [-0.15, -0.1) is 0 Å². The number of nitrogens with zero attached hydrogens (tertiary/aromatic N) is 1. The molecule has 108 valence electrons. The lowest BCUT2D eigenvalue weighted by molar-refractivity contribution is 0.208. The van der Waals surface area contributed by atoms with Gasteiger partial charge in [0.05, 0.1) is 15.7 Å². The van der Waals surface area contributed by atoms with Crippen molar-refractivity contribution in [2.24, 2.45) is 0 Å². The van der Waals surface area contributed by atoms with Crippen LogP contribution < -0.4 is 5.73 Å². The summed E-state index contributed by atoms with van der Waals surface area (Å²) in [5.41, 5.74) is 7.35. The van der Waals surface area contributed by atoms with Gasteiger partial charge < -0.3 is 5.73 Å². The molecule has 19 heavy (non-hydrogen) atoms. The standard InChI is InChI=1S/C15H24Cl2N2/c1-4-5-6-7-19(11(2)3)10-12-8-13(16)15(18)14(17)9-12/h8-9,11H,4-7,10,18H2,1-3H3. The van der Waals surface area contributed by atoms with Crippen molar-refractivity contribution in [3.05, 3.63) is 27.7 Å². The van der Waals surface area contributed by atoms with Crippen LogP contribution in [0.1, 0.15) is 45.6 Å². The Kier molecular flexibility index (Phi) is 6.98. The number of hydrogen-bond donors (Lipinski definition) is 1. The van der Waals surface area contributed by atoms with Crippen molar-refractivity contribution in [2.75, 3.05) is 12.3 Å². The molecular formula is C15H24Cl2N2. The third-order valence-corrected chi connectivity index (χ3v) is 3.93. The van der Waals surface area contributed by atoms with Crippen LogP contribution in [0.5, 0.6) is 0 Å². The van der Waals surface area contributed by atoms with Gasteiger partial charge in [0.15, 0.2) is 0 Å². The normalized spacial score (nSPS) is 11.5. The Morgan fingerprint density at radius 1 is 1.16 bits per heavy atom. The van der Waals surface area contributed by atoms with E-state index in [1.165, 1.54) is 19.3 Å². The molecule has 0 unspecified atom stereocenters. The first-order chi connectivity index (χ1) is 8.95. The van der Waals surface area contributed by atoms with Crippen molar-refractivity contribution in [3.63, 3.8) is 0 Å². The van der Waals surface area contributed by atoms with Crippen LogP contribution in [0.15, 0.2) is 12.1 Å². The fraction of sp³-hybridized carbons (Fsp3) is 0.600. The summed E-state index contributed by atoms with van der Waals surface area (Å²) in [6.45, 7) is 8.62. The molecule has 0 radical (unpaired) electrons. The minimum Gasteiger partial charge on any atom is -0.396 e. The Morgan fingerprint density at radius 3 is 2.21 bits per heavy atom. The molecule has 0 atom stereocenters. The molecule has 0 aliphatic carbocycles. The molecule has 0 bridgehead atoms. The number of unbranched alkanes of at least 4 members (excludes halogenated alkanes) is 2. The molecule has 2 N–H and O–H groups in total. The molecule has 1 aromatic rings. The summed E-state index contributed by atoms with van der Waals surface area (Å²) >= 11 is 12.2. The van der Waals surface area contributed by atoms with Crippen LogP contribution in [0.2, 0.25) is 10.0 Å². The van der Waals surface area contributed by atoms with Gasteiger partial charge in [-0.1, -0.05) is 43.0 Å². The van der Waals surface area contributed by atoms with Crippen LogP contribution in [-0.4, -0.2) is 17.5 Å². The van der Waals surface area contributed by atoms with Gasteiger partial charge in [-0.05, 0) is 44.5 Å². The molecule has 1 aromatic carbocycles. The molecule has 0 heterocycles. The summed E-state index contributed by atoms with van der Waals surface area (Å²) in [5.74, 6) is 0. The average Bonchev–Trinajstić information content (AvgIpc) is 2.34. The Hall–Kier alpha value is -0.440. The predicted molar refractivity (Wildman–Crippen MR) is 85.9 cm³/mol. The van der Waals surface area contributed by atoms with E-state index in [-0.39, 0.29) is 0 Å². The highest BCUT2D eigenvalue weighted by molar-refractivity contribution is 6.38. The summed E-state index contributed by atoms with van der Waals surface area (Å²) in [6.07, 6.45) is 3.74. The highest BCUT2D eigenvalue weighted by atomic mass is 35.5. The fourth-order valence-corrected chi connectivity index (χ4v) is 2.58. The largest absolute Gasteiger partial charge is 0.396 e. The number of halogens is 2. The lowest BCUT2D eigenvalue weighted by Gasteiger charge is -2.26. The molecule has 0 saturated heterocycles. The first-order valence-corrected chi connectivity index (χ1v) is 7.68. The number of hydrogen-bond acceptors (Lipinski definition) is 2. The zero-order chi connectivity index (χ0) is 14.4. The molecule has 1 rings (SSSR count). The highest BCUT2D eigenvalue weighted by Gasteiger charge is 2.12. The lowest BCUT2D eigenvalue weighted by atomic mass is 10.1. The van der Waals surface area contributed by atoms with Crippen LogP contribution in [0.25, 0.3) is 0 Å². The van der Waals surface area contributed by atoms with E-state index in [2.05, 4.69) is 25.7 Å². The number of nitrogen functional groups attached to an aromatic ring is 1.